The van der Waals surface area contributed by atoms with Gasteiger partial charge in [0.1, 0.15) is 0 Å². The zero-order valence-electron chi connectivity index (χ0n) is 9.32. The van der Waals surface area contributed by atoms with Gasteiger partial charge in [-0.2, -0.15) is 0 Å². The van der Waals surface area contributed by atoms with Crippen LogP contribution in [0.4, 0.5) is 4.79 Å². The standard InChI is InChI=1S/C9H18N2O4/c1-4-11(2)9(14)10-6-7(15-3)5-8(12)13/h7H,4-6H2,1-3H3,(H,10,14)(H,12,13). The summed E-state index contributed by atoms with van der Waals surface area (Å²) in [6, 6.07) is -0.232. The van der Waals surface area contributed by atoms with E-state index in [0.717, 1.165) is 0 Å². The Balaban J connectivity index is 3.89. The number of carboxylic acids is 1. The maximum absolute atomic E-state index is 11.3. The van der Waals surface area contributed by atoms with E-state index in [1.165, 1.54) is 12.0 Å². The zero-order chi connectivity index (χ0) is 11.8. The van der Waals surface area contributed by atoms with E-state index >= 15 is 0 Å². The van der Waals surface area contributed by atoms with Gasteiger partial charge in [-0.1, -0.05) is 0 Å². The Kier molecular flexibility index (Phi) is 6.44. The lowest BCUT2D eigenvalue weighted by molar-refractivity contribution is -0.139. The molecular formula is C9H18N2O4. The monoisotopic (exact) mass is 218 g/mol. The summed E-state index contributed by atoms with van der Waals surface area (Å²) < 4.78 is 4.91. The molecule has 0 bridgehead atoms. The van der Waals surface area contributed by atoms with Crippen LogP contribution in [0.2, 0.25) is 0 Å². The maximum atomic E-state index is 11.3. The Morgan fingerprint density at radius 1 is 1.53 bits per heavy atom. The first kappa shape index (κ1) is 13.7. The molecule has 0 rings (SSSR count). The van der Waals surface area contributed by atoms with Crippen molar-refractivity contribution >= 4 is 12.0 Å². The number of ether oxygens (including phenoxy) is 1. The highest BCUT2D eigenvalue weighted by molar-refractivity contribution is 5.74. The van der Waals surface area contributed by atoms with Crippen LogP contribution in [0.1, 0.15) is 13.3 Å². The van der Waals surface area contributed by atoms with Crippen molar-refractivity contribution < 1.29 is 19.4 Å². The van der Waals surface area contributed by atoms with Crippen LogP contribution < -0.4 is 5.32 Å². The highest BCUT2D eigenvalue weighted by Gasteiger charge is 2.14. The number of nitrogens with zero attached hydrogens (tertiary/aromatic N) is 1. The van der Waals surface area contributed by atoms with Crippen molar-refractivity contribution in [1.29, 1.82) is 0 Å². The second-order valence-corrected chi connectivity index (χ2v) is 3.16. The quantitative estimate of drug-likeness (QED) is 0.664. The molecule has 0 aromatic rings. The molecule has 0 saturated carbocycles. The molecule has 6 nitrogen and oxygen atoms in total. The molecular weight excluding hydrogens is 200 g/mol. The van der Waals surface area contributed by atoms with Gasteiger partial charge in [0.05, 0.1) is 12.5 Å². The molecule has 0 aliphatic heterocycles. The minimum atomic E-state index is -0.944. The van der Waals surface area contributed by atoms with Crippen LogP contribution in [-0.4, -0.2) is 55.4 Å². The number of nitrogens with one attached hydrogen (secondary N) is 1. The van der Waals surface area contributed by atoms with Crippen LogP contribution >= 0.6 is 0 Å². The Hall–Kier alpha value is -1.30. The average Bonchev–Trinajstić information content (AvgIpc) is 2.21. The maximum Gasteiger partial charge on any atom is 0.317 e. The lowest BCUT2D eigenvalue weighted by atomic mass is 10.2. The first-order chi connectivity index (χ1) is 7.01. The van der Waals surface area contributed by atoms with Gasteiger partial charge < -0.3 is 20.1 Å². The van der Waals surface area contributed by atoms with Gasteiger partial charge in [-0.15, -0.1) is 0 Å². The molecule has 88 valence electrons. The molecule has 0 aromatic carbocycles. The van der Waals surface area contributed by atoms with E-state index in [9.17, 15) is 9.59 Å². The van der Waals surface area contributed by atoms with Crippen LogP contribution in [0.25, 0.3) is 0 Å². The summed E-state index contributed by atoms with van der Waals surface area (Å²) in [6.45, 7) is 2.65. The van der Waals surface area contributed by atoms with Gasteiger partial charge >= 0.3 is 12.0 Å². The molecule has 0 heterocycles. The molecule has 0 aliphatic rings. The fourth-order valence-electron chi connectivity index (χ4n) is 0.913. The van der Waals surface area contributed by atoms with E-state index in [1.54, 1.807) is 7.05 Å². The molecule has 0 spiro atoms. The molecule has 1 atom stereocenters. The number of aliphatic carboxylic acids is 1. The van der Waals surface area contributed by atoms with Gasteiger partial charge in [-0.3, -0.25) is 4.79 Å². The number of hydrogen-bond acceptors (Lipinski definition) is 3. The predicted molar refractivity (Wildman–Crippen MR) is 54.8 cm³/mol. The summed E-state index contributed by atoms with van der Waals surface area (Å²) in [5, 5.41) is 11.1. The number of hydrogen-bond donors (Lipinski definition) is 2. The van der Waals surface area contributed by atoms with Gasteiger partial charge in [-0.25, -0.2) is 4.79 Å². The highest BCUT2D eigenvalue weighted by atomic mass is 16.5. The first-order valence-corrected chi connectivity index (χ1v) is 4.74. The van der Waals surface area contributed by atoms with Crippen molar-refractivity contribution in [2.24, 2.45) is 0 Å². The molecule has 0 aliphatic carbocycles. The lowest BCUT2D eigenvalue weighted by Crippen LogP contribution is -2.41. The van der Waals surface area contributed by atoms with Crippen LogP contribution in [0.5, 0.6) is 0 Å². The average molecular weight is 218 g/mol. The van der Waals surface area contributed by atoms with Gasteiger partial charge in [0.2, 0.25) is 0 Å². The lowest BCUT2D eigenvalue weighted by Gasteiger charge is -2.18. The number of urea groups is 1. The van der Waals surface area contributed by atoms with E-state index in [4.69, 9.17) is 9.84 Å². The molecule has 2 N–H and O–H groups in total. The molecule has 6 heteroatoms. The van der Waals surface area contributed by atoms with Crippen molar-refractivity contribution in [2.75, 3.05) is 27.2 Å². The number of carbonyl (C=O) groups is 2. The number of carboxylic acid groups (broad SMARTS) is 1. The molecule has 0 aromatic heterocycles. The molecule has 0 fully saturated rings. The Bertz CT molecular complexity index is 220. The van der Waals surface area contributed by atoms with Crippen LogP contribution in [0.3, 0.4) is 0 Å². The van der Waals surface area contributed by atoms with Crippen molar-refractivity contribution in [3.05, 3.63) is 0 Å². The summed E-state index contributed by atoms with van der Waals surface area (Å²) in [6.07, 6.45) is -0.608. The smallest absolute Gasteiger partial charge is 0.317 e. The first-order valence-electron chi connectivity index (χ1n) is 4.74. The number of carbonyl (C=O) groups excluding carboxylic acids is 1. The Morgan fingerprint density at radius 3 is 2.53 bits per heavy atom. The topological polar surface area (TPSA) is 78.9 Å². The highest BCUT2D eigenvalue weighted by Crippen LogP contribution is 1.96. The van der Waals surface area contributed by atoms with Crippen LogP contribution in [-0.2, 0) is 9.53 Å². The largest absolute Gasteiger partial charge is 0.481 e. The molecule has 1 unspecified atom stereocenters. The van der Waals surface area contributed by atoms with Gasteiger partial charge in [0.15, 0.2) is 0 Å². The third-order valence-electron chi connectivity index (χ3n) is 2.04. The minimum absolute atomic E-state index is 0.118. The zero-order valence-corrected chi connectivity index (χ0v) is 9.32. The van der Waals surface area contributed by atoms with Gasteiger partial charge in [0, 0.05) is 27.2 Å². The minimum Gasteiger partial charge on any atom is -0.481 e. The van der Waals surface area contributed by atoms with E-state index < -0.39 is 12.1 Å². The third-order valence-corrected chi connectivity index (χ3v) is 2.04. The SMILES string of the molecule is CCN(C)C(=O)NCC(CC(=O)O)OC. The van der Waals surface area contributed by atoms with Crippen molar-refractivity contribution in [2.45, 2.75) is 19.4 Å². The van der Waals surface area contributed by atoms with E-state index in [0.29, 0.717) is 6.54 Å². The van der Waals surface area contributed by atoms with Crippen molar-refractivity contribution in [1.82, 2.24) is 10.2 Å². The summed E-state index contributed by atoms with van der Waals surface area (Å²) in [5.41, 5.74) is 0. The third kappa shape index (κ3) is 5.90. The van der Waals surface area contributed by atoms with Crippen molar-refractivity contribution in [3.63, 3.8) is 0 Å². The van der Waals surface area contributed by atoms with Crippen molar-refractivity contribution in [3.8, 4) is 0 Å². The Labute approximate surface area is 89.2 Å². The van der Waals surface area contributed by atoms with Crippen LogP contribution in [0, 0.1) is 0 Å². The molecule has 2 amide bonds. The summed E-state index contributed by atoms with van der Waals surface area (Å²) in [5.74, 6) is -0.944. The summed E-state index contributed by atoms with van der Waals surface area (Å²) in [7, 11) is 3.08. The second-order valence-electron chi connectivity index (χ2n) is 3.16. The number of methoxy groups -OCH3 is 1. The number of amides is 2. The van der Waals surface area contributed by atoms with E-state index in [2.05, 4.69) is 5.32 Å². The molecule has 0 saturated heterocycles. The summed E-state index contributed by atoms with van der Waals surface area (Å²) >= 11 is 0. The fraction of sp³-hybridized carbons (Fsp3) is 0.778. The van der Waals surface area contributed by atoms with Crippen LogP contribution in [0.15, 0.2) is 0 Å². The Morgan fingerprint density at radius 2 is 2.13 bits per heavy atom. The molecule has 15 heavy (non-hydrogen) atoms. The van der Waals surface area contributed by atoms with E-state index in [-0.39, 0.29) is 19.0 Å². The predicted octanol–water partition coefficient (Wildman–Crippen LogP) is 0.137. The van der Waals surface area contributed by atoms with Gasteiger partial charge in [-0.05, 0) is 6.92 Å². The molecule has 0 radical (unpaired) electrons. The second kappa shape index (κ2) is 7.05. The number of rotatable bonds is 6. The van der Waals surface area contributed by atoms with Gasteiger partial charge in [0.25, 0.3) is 0 Å². The fourth-order valence-corrected chi connectivity index (χ4v) is 0.913. The normalized spacial score (nSPS) is 11.9. The van der Waals surface area contributed by atoms with E-state index in [1.807, 2.05) is 6.92 Å². The summed E-state index contributed by atoms with van der Waals surface area (Å²) in [4.78, 5) is 23.2.